The molecule has 0 aliphatic carbocycles. The van der Waals surface area contributed by atoms with E-state index >= 15 is 0 Å². The van der Waals surface area contributed by atoms with Crippen LogP contribution in [0.2, 0.25) is 0 Å². The minimum absolute atomic E-state index is 0.0700. The molecule has 0 spiro atoms. The summed E-state index contributed by atoms with van der Waals surface area (Å²) in [4.78, 5) is 33.9. The SMILES string of the molecule is CCOC(=O)/C(N)=C1\CN(c2ccc(CC(=O)O)cn2)CCC1=NC(C)C. The number of esters is 1. The Morgan fingerprint density at radius 3 is 2.70 bits per heavy atom. The summed E-state index contributed by atoms with van der Waals surface area (Å²) < 4.78 is 5.04. The maximum atomic E-state index is 12.1. The van der Waals surface area contributed by atoms with E-state index in [1.807, 2.05) is 18.7 Å². The lowest BCUT2D eigenvalue weighted by Gasteiger charge is -2.31. The summed E-state index contributed by atoms with van der Waals surface area (Å²) in [6, 6.07) is 3.61. The van der Waals surface area contributed by atoms with Gasteiger partial charge < -0.3 is 20.5 Å². The number of pyridine rings is 1. The van der Waals surface area contributed by atoms with Crippen molar-refractivity contribution in [3.63, 3.8) is 0 Å². The zero-order valence-corrected chi connectivity index (χ0v) is 15.9. The lowest BCUT2D eigenvalue weighted by molar-refractivity contribution is -0.138. The molecule has 0 unspecified atom stereocenters. The Kier molecular flexibility index (Phi) is 6.92. The van der Waals surface area contributed by atoms with Crippen LogP contribution in [-0.2, 0) is 20.7 Å². The predicted octanol–water partition coefficient (Wildman–Crippen LogP) is 1.54. The van der Waals surface area contributed by atoms with Crippen LogP contribution in [-0.4, -0.2) is 53.5 Å². The van der Waals surface area contributed by atoms with Gasteiger partial charge in [0.15, 0.2) is 0 Å². The van der Waals surface area contributed by atoms with Crippen LogP contribution in [0.5, 0.6) is 0 Å². The normalized spacial score (nSPS) is 17.9. The number of aliphatic imine (C=N–C) groups is 1. The van der Waals surface area contributed by atoms with Crippen LogP contribution in [0.25, 0.3) is 0 Å². The molecule has 1 saturated heterocycles. The first-order valence-corrected chi connectivity index (χ1v) is 8.96. The van der Waals surface area contributed by atoms with Crippen LogP contribution < -0.4 is 10.6 Å². The summed E-state index contributed by atoms with van der Waals surface area (Å²) >= 11 is 0. The molecule has 8 nitrogen and oxygen atoms in total. The van der Waals surface area contributed by atoms with Crippen molar-refractivity contribution >= 4 is 23.5 Å². The fourth-order valence-electron chi connectivity index (χ4n) is 2.86. The first-order valence-electron chi connectivity index (χ1n) is 8.96. The summed E-state index contributed by atoms with van der Waals surface area (Å²) in [5.74, 6) is -0.748. The van der Waals surface area contributed by atoms with Crippen LogP contribution in [0.15, 0.2) is 34.6 Å². The van der Waals surface area contributed by atoms with Crippen molar-refractivity contribution in [1.82, 2.24) is 4.98 Å². The molecular formula is C19H26N4O4. The highest BCUT2D eigenvalue weighted by Gasteiger charge is 2.26. The van der Waals surface area contributed by atoms with Crippen molar-refractivity contribution in [2.75, 3.05) is 24.6 Å². The average Bonchev–Trinajstić information content (AvgIpc) is 2.61. The van der Waals surface area contributed by atoms with E-state index in [-0.39, 0.29) is 24.8 Å². The Bertz CT molecular complexity index is 753. The molecule has 0 atom stereocenters. The van der Waals surface area contributed by atoms with E-state index < -0.39 is 11.9 Å². The number of ether oxygens (including phenoxy) is 1. The Balaban J connectivity index is 2.28. The molecule has 0 bridgehead atoms. The number of anilines is 1. The van der Waals surface area contributed by atoms with Crippen molar-refractivity contribution in [2.24, 2.45) is 10.7 Å². The average molecular weight is 374 g/mol. The maximum absolute atomic E-state index is 12.1. The summed E-state index contributed by atoms with van der Waals surface area (Å²) in [5.41, 5.74) is 8.25. The third-order valence-corrected chi connectivity index (χ3v) is 4.04. The van der Waals surface area contributed by atoms with Gasteiger partial charge in [-0.2, -0.15) is 0 Å². The number of piperidine rings is 1. The highest BCUT2D eigenvalue weighted by atomic mass is 16.5. The molecule has 0 saturated carbocycles. The molecule has 1 aromatic heterocycles. The molecule has 1 aliphatic rings. The number of hydrogen-bond acceptors (Lipinski definition) is 7. The number of carboxylic acid groups (broad SMARTS) is 1. The van der Waals surface area contributed by atoms with Gasteiger partial charge in [-0.1, -0.05) is 6.07 Å². The lowest BCUT2D eigenvalue weighted by atomic mass is 9.99. The third kappa shape index (κ3) is 5.54. The number of hydrogen-bond donors (Lipinski definition) is 2. The monoisotopic (exact) mass is 374 g/mol. The van der Waals surface area contributed by atoms with Crippen LogP contribution in [0, 0.1) is 0 Å². The fourth-order valence-corrected chi connectivity index (χ4v) is 2.86. The Morgan fingerprint density at radius 1 is 1.41 bits per heavy atom. The van der Waals surface area contributed by atoms with E-state index in [0.717, 1.165) is 5.71 Å². The Morgan fingerprint density at radius 2 is 2.15 bits per heavy atom. The van der Waals surface area contributed by atoms with Gasteiger partial charge in [0.25, 0.3) is 0 Å². The minimum atomic E-state index is -0.899. The smallest absolute Gasteiger partial charge is 0.354 e. The maximum Gasteiger partial charge on any atom is 0.354 e. The largest absolute Gasteiger partial charge is 0.481 e. The van der Waals surface area contributed by atoms with Crippen LogP contribution in [0.3, 0.4) is 0 Å². The molecule has 0 amide bonds. The number of carboxylic acids is 1. The van der Waals surface area contributed by atoms with Gasteiger partial charge in [-0.05, 0) is 32.4 Å². The minimum Gasteiger partial charge on any atom is -0.481 e. The number of aromatic nitrogens is 1. The third-order valence-electron chi connectivity index (χ3n) is 4.04. The quantitative estimate of drug-likeness (QED) is 0.573. The molecule has 1 aromatic rings. The number of aliphatic carboxylic acids is 1. The number of nitrogens with two attached hydrogens (primary N) is 1. The zero-order chi connectivity index (χ0) is 20.0. The van der Waals surface area contributed by atoms with Crippen LogP contribution >= 0.6 is 0 Å². The van der Waals surface area contributed by atoms with Crippen molar-refractivity contribution in [1.29, 1.82) is 0 Å². The fraction of sp³-hybridized carbons (Fsp3) is 0.474. The van der Waals surface area contributed by atoms with Crippen molar-refractivity contribution in [3.8, 4) is 0 Å². The molecule has 2 rings (SSSR count). The highest BCUT2D eigenvalue weighted by molar-refractivity contribution is 6.08. The first-order chi connectivity index (χ1) is 12.8. The van der Waals surface area contributed by atoms with Gasteiger partial charge in [0.2, 0.25) is 0 Å². The van der Waals surface area contributed by atoms with E-state index in [1.54, 1.807) is 25.3 Å². The van der Waals surface area contributed by atoms with Gasteiger partial charge in [-0.3, -0.25) is 9.79 Å². The van der Waals surface area contributed by atoms with E-state index in [1.165, 1.54) is 0 Å². The van der Waals surface area contributed by atoms with Gasteiger partial charge in [0.1, 0.15) is 11.5 Å². The standard InChI is InChI=1S/C19H26N4O4/c1-4-27-19(26)18(20)14-11-23(8-7-15(14)22-12(2)3)16-6-5-13(10-21-16)9-17(24)25/h5-6,10,12H,4,7-9,11,20H2,1-3H3,(H,24,25)/b18-14-,22-15?. The number of rotatable bonds is 6. The molecule has 0 radical (unpaired) electrons. The molecule has 0 aromatic carbocycles. The topological polar surface area (TPSA) is 118 Å². The lowest BCUT2D eigenvalue weighted by Crippen LogP contribution is -2.39. The van der Waals surface area contributed by atoms with Gasteiger partial charge in [0.05, 0.1) is 13.0 Å². The Labute approximate surface area is 158 Å². The van der Waals surface area contributed by atoms with Crippen LogP contribution in [0.4, 0.5) is 5.82 Å². The summed E-state index contributed by atoms with van der Waals surface area (Å²) in [5, 5.41) is 8.86. The van der Waals surface area contributed by atoms with Gasteiger partial charge in [-0.15, -0.1) is 0 Å². The van der Waals surface area contributed by atoms with Gasteiger partial charge >= 0.3 is 11.9 Å². The van der Waals surface area contributed by atoms with Crippen molar-refractivity contribution in [3.05, 3.63) is 35.2 Å². The van der Waals surface area contributed by atoms with Crippen molar-refractivity contribution in [2.45, 2.75) is 39.7 Å². The van der Waals surface area contributed by atoms with Crippen molar-refractivity contribution < 1.29 is 19.4 Å². The Hall–Kier alpha value is -2.90. The molecule has 27 heavy (non-hydrogen) atoms. The second kappa shape index (κ2) is 9.16. The molecule has 1 aliphatic heterocycles. The second-order valence-electron chi connectivity index (χ2n) is 6.55. The first kappa shape index (κ1) is 20.4. The summed E-state index contributed by atoms with van der Waals surface area (Å²) in [7, 11) is 0. The van der Waals surface area contributed by atoms with E-state index in [2.05, 4.69) is 9.98 Å². The zero-order valence-electron chi connectivity index (χ0n) is 15.9. The van der Waals surface area contributed by atoms with Gasteiger partial charge in [0, 0.05) is 43.0 Å². The van der Waals surface area contributed by atoms with E-state index in [4.69, 9.17) is 15.6 Å². The number of carbonyl (C=O) groups excluding carboxylic acids is 1. The molecule has 3 N–H and O–H groups in total. The van der Waals surface area contributed by atoms with Crippen LogP contribution in [0.1, 0.15) is 32.8 Å². The highest BCUT2D eigenvalue weighted by Crippen LogP contribution is 2.22. The van der Waals surface area contributed by atoms with Gasteiger partial charge in [-0.25, -0.2) is 9.78 Å². The predicted molar refractivity (Wildman–Crippen MR) is 103 cm³/mol. The molecular weight excluding hydrogens is 348 g/mol. The summed E-state index contributed by atoms with van der Waals surface area (Å²) in [6.45, 7) is 6.99. The van der Waals surface area contributed by atoms with E-state index in [9.17, 15) is 9.59 Å². The number of carbonyl (C=O) groups is 2. The second-order valence-corrected chi connectivity index (χ2v) is 6.55. The molecule has 146 valence electrons. The molecule has 2 heterocycles. The number of nitrogens with zero attached hydrogens (tertiary/aromatic N) is 3. The van der Waals surface area contributed by atoms with E-state index in [0.29, 0.717) is 36.5 Å². The summed E-state index contributed by atoms with van der Waals surface area (Å²) in [6.07, 6.45) is 2.12. The molecule has 1 fully saturated rings. The molecule has 8 heteroatoms.